The van der Waals surface area contributed by atoms with Crippen LogP contribution in [0.25, 0.3) is 21.8 Å². The van der Waals surface area contributed by atoms with Crippen molar-refractivity contribution in [3.8, 4) is 5.75 Å². The number of nitrogens with two attached hydrogens (primary N) is 1. The van der Waals surface area contributed by atoms with Gasteiger partial charge in [0, 0.05) is 10.8 Å². The normalized spacial score (nSPS) is 11.1. The Bertz CT molecular complexity index is 674. The third-order valence-electron chi connectivity index (χ3n) is 2.63. The Morgan fingerprint density at radius 3 is 3.00 bits per heavy atom. The first-order valence-corrected chi connectivity index (χ1v) is 4.86. The molecule has 0 fully saturated rings. The van der Waals surface area contributed by atoms with Gasteiger partial charge >= 0.3 is 0 Å². The van der Waals surface area contributed by atoms with Gasteiger partial charge in [0.05, 0.1) is 18.8 Å². The number of hydrogen-bond donors (Lipinski definition) is 2. The molecule has 3 aromatic rings. The Morgan fingerprint density at radius 2 is 2.19 bits per heavy atom. The molecular formula is C11H10N4O. The van der Waals surface area contributed by atoms with Crippen molar-refractivity contribution in [2.45, 2.75) is 0 Å². The van der Waals surface area contributed by atoms with Crippen LogP contribution in [0.5, 0.6) is 5.75 Å². The maximum absolute atomic E-state index is 5.82. The molecule has 2 aromatic heterocycles. The number of rotatable bonds is 1. The average Bonchev–Trinajstić information content (AvgIpc) is 2.78. The molecule has 2 heterocycles. The van der Waals surface area contributed by atoms with E-state index in [2.05, 4.69) is 15.2 Å². The number of aromatic nitrogens is 3. The van der Waals surface area contributed by atoms with E-state index in [0.29, 0.717) is 5.82 Å². The quantitative estimate of drug-likeness (QED) is 0.646. The Hall–Kier alpha value is -2.30. The van der Waals surface area contributed by atoms with Gasteiger partial charge < -0.3 is 10.5 Å². The van der Waals surface area contributed by atoms with Crippen LogP contribution in [0.15, 0.2) is 24.4 Å². The lowest BCUT2D eigenvalue weighted by Gasteiger charge is -2.04. The second-order valence-electron chi connectivity index (χ2n) is 3.54. The fraction of sp³-hybridized carbons (Fsp3) is 0.0909. The Morgan fingerprint density at radius 1 is 1.31 bits per heavy atom. The summed E-state index contributed by atoms with van der Waals surface area (Å²) in [6.45, 7) is 0. The highest BCUT2D eigenvalue weighted by Gasteiger charge is 2.08. The minimum Gasteiger partial charge on any atom is -0.497 e. The predicted molar refractivity (Wildman–Crippen MR) is 62.4 cm³/mol. The number of pyridine rings is 1. The summed E-state index contributed by atoms with van der Waals surface area (Å²) in [5.74, 6) is 1.26. The number of aromatic amines is 1. The molecule has 0 radical (unpaired) electrons. The summed E-state index contributed by atoms with van der Waals surface area (Å²) in [7, 11) is 1.64. The Balaban J connectivity index is 2.50. The van der Waals surface area contributed by atoms with Crippen LogP contribution >= 0.6 is 0 Å². The smallest absolute Gasteiger partial charge is 0.150 e. The molecule has 5 heteroatoms. The van der Waals surface area contributed by atoms with Crippen LogP contribution in [0.2, 0.25) is 0 Å². The van der Waals surface area contributed by atoms with Crippen LogP contribution in [0.3, 0.4) is 0 Å². The van der Waals surface area contributed by atoms with Gasteiger partial charge in [0.1, 0.15) is 17.1 Å². The van der Waals surface area contributed by atoms with Gasteiger partial charge in [-0.1, -0.05) is 0 Å². The molecule has 0 atom stereocenters. The Labute approximate surface area is 91.2 Å². The number of nitrogens with zero attached hydrogens (tertiary/aromatic N) is 2. The molecule has 5 nitrogen and oxygen atoms in total. The lowest BCUT2D eigenvalue weighted by molar-refractivity contribution is 0.415. The van der Waals surface area contributed by atoms with Crippen molar-refractivity contribution in [1.82, 2.24) is 15.2 Å². The lowest BCUT2D eigenvalue weighted by atomic mass is 10.1. The molecule has 0 bridgehead atoms. The fourth-order valence-electron chi connectivity index (χ4n) is 1.83. The van der Waals surface area contributed by atoms with Crippen molar-refractivity contribution in [2.24, 2.45) is 0 Å². The van der Waals surface area contributed by atoms with Gasteiger partial charge in [-0.05, 0) is 18.2 Å². The molecule has 0 saturated heterocycles. The molecule has 1 aromatic carbocycles. The van der Waals surface area contributed by atoms with Crippen molar-refractivity contribution in [3.05, 3.63) is 24.4 Å². The van der Waals surface area contributed by atoms with E-state index in [1.165, 1.54) is 0 Å². The summed E-state index contributed by atoms with van der Waals surface area (Å²) >= 11 is 0. The summed E-state index contributed by atoms with van der Waals surface area (Å²) in [4.78, 5) is 4.30. The number of H-pyrrole nitrogens is 1. The number of anilines is 1. The lowest BCUT2D eigenvalue weighted by Crippen LogP contribution is -1.93. The van der Waals surface area contributed by atoms with Gasteiger partial charge in [0.25, 0.3) is 0 Å². The highest BCUT2D eigenvalue weighted by atomic mass is 16.5. The molecule has 3 N–H and O–H groups in total. The zero-order valence-electron chi connectivity index (χ0n) is 8.69. The number of ether oxygens (including phenoxy) is 1. The summed E-state index contributed by atoms with van der Waals surface area (Å²) in [6.07, 6.45) is 1.75. The largest absolute Gasteiger partial charge is 0.497 e. The molecule has 0 spiro atoms. The molecule has 0 aliphatic rings. The van der Waals surface area contributed by atoms with Gasteiger partial charge in [-0.2, -0.15) is 5.10 Å². The van der Waals surface area contributed by atoms with E-state index < -0.39 is 0 Å². The van der Waals surface area contributed by atoms with Crippen LogP contribution in [0, 0.1) is 0 Å². The first kappa shape index (κ1) is 8.96. The van der Waals surface area contributed by atoms with Crippen molar-refractivity contribution >= 4 is 27.6 Å². The summed E-state index contributed by atoms with van der Waals surface area (Å²) in [5.41, 5.74) is 7.43. The number of methoxy groups -OCH3 is 1. The van der Waals surface area contributed by atoms with E-state index in [4.69, 9.17) is 10.5 Å². The molecule has 0 saturated carbocycles. The van der Waals surface area contributed by atoms with E-state index in [9.17, 15) is 0 Å². The second kappa shape index (κ2) is 3.10. The summed E-state index contributed by atoms with van der Waals surface area (Å²) in [6, 6.07) is 5.68. The maximum atomic E-state index is 5.82. The second-order valence-corrected chi connectivity index (χ2v) is 3.54. The standard InChI is InChI=1S/C11H10N4O/c1-16-6-2-3-9-7(4-6)8-5-13-15-10(8)11(12)14-9/h2-5H,1H3,(H2,12,14)(H,13,15). The summed E-state index contributed by atoms with van der Waals surface area (Å²) < 4.78 is 5.19. The number of hydrogen-bond acceptors (Lipinski definition) is 4. The van der Waals surface area contributed by atoms with Crippen molar-refractivity contribution in [1.29, 1.82) is 0 Å². The van der Waals surface area contributed by atoms with E-state index in [0.717, 1.165) is 27.6 Å². The third-order valence-corrected chi connectivity index (χ3v) is 2.63. The first-order valence-electron chi connectivity index (χ1n) is 4.86. The predicted octanol–water partition coefficient (Wildman–Crippen LogP) is 1.70. The minimum absolute atomic E-state index is 0.463. The average molecular weight is 214 g/mol. The van der Waals surface area contributed by atoms with Gasteiger partial charge in [-0.25, -0.2) is 4.98 Å². The molecule has 0 aliphatic carbocycles. The third kappa shape index (κ3) is 1.11. The molecule has 0 amide bonds. The zero-order chi connectivity index (χ0) is 11.1. The fourth-order valence-corrected chi connectivity index (χ4v) is 1.83. The van der Waals surface area contributed by atoms with E-state index >= 15 is 0 Å². The SMILES string of the molecule is COc1ccc2nc(N)c3[nH]ncc3c2c1. The van der Waals surface area contributed by atoms with Crippen LogP contribution < -0.4 is 10.5 Å². The molecule has 0 unspecified atom stereocenters. The van der Waals surface area contributed by atoms with Gasteiger partial charge in [-0.3, -0.25) is 5.10 Å². The van der Waals surface area contributed by atoms with Crippen LogP contribution in [-0.4, -0.2) is 22.3 Å². The van der Waals surface area contributed by atoms with Gasteiger partial charge in [-0.15, -0.1) is 0 Å². The minimum atomic E-state index is 0.463. The van der Waals surface area contributed by atoms with Crippen LogP contribution in [0.4, 0.5) is 5.82 Å². The van der Waals surface area contributed by atoms with Crippen molar-refractivity contribution in [2.75, 3.05) is 12.8 Å². The van der Waals surface area contributed by atoms with Gasteiger partial charge in [0.2, 0.25) is 0 Å². The maximum Gasteiger partial charge on any atom is 0.150 e. The van der Waals surface area contributed by atoms with Crippen LogP contribution in [0.1, 0.15) is 0 Å². The number of fused-ring (bicyclic) bond motifs is 3. The molecular weight excluding hydrogens is 204 g/mol. The number of nitrogen functional groups attached to an aromatic ring is 1. The molecule has 3 rings (SSSR count). The first-order chi connectivity index (χ1) is 7.79. The topological polar surface area (TPSA) is 76.8 Å². The zero-order valence-corrected chi connectivity index (χ0v) is 8.69. The van der Waals surface area contributed by atoms with E-state index in [-0.39, 0.29) is 0 Å². The van der Waals surface area contributed by atoms with E-state index in [1.54, 1.807) is 13.3 Å². The van der Waals surface area contributed by atoms with Crippen LogP contribution in [-0.2, 0) is 0 Å². The molecule has 16 heavy (non-hydrogen) atoms. The van der Waals surface area contributed by atoms with Crippen molar-refractivity contribution < 1.29 is 4.74 Å². The van der Waals surface area contributed by atoms with E-state index in [1.807, 2.05) is 18.2 Å². The monoisotopic (exact) mass is 214 g/mol. The molecule has 80 valence electrons. The summed E-state index contributed by atoms with van der Waals surface area (Å²) in [5, 5.41) is 8.76. The highest BCUT2D eigenvalue weighted by Crippen LogP contribution is 2.28. The highest BCUT2D eigenvalue weighted by molar-refractivity contribution is 6.08. The van der Waals surface area contributed by atoms with Gasteiger partial charge in [0.15, 0.2) is 0 Å². The number of benzene rings is 1. The van der Waals surface area contributed by atoms with Crippen molar-refractivity contribution in [3.63, 3.8) is 0 Å². The molecule has 0 aliphatic heterocycles. The number of nitrogens with one attached hydrogen (secondary N) is 1. The Kier molecular flexibility index (Phi) is 1.73.